The van der Waals surface area contributed by atoms with Crippen molar-refractivity contribution < 1.29 is 9.53 Å². The molecule has 94 valence electrons. The van der Waals surface area contributed by atoms with E-state index in [1.807, 2.05) is 20.8 Å². The molecule has 1 saturated heterocycles. The molecule has 0 spiro atoms. The van der Waals surface area contributed by atoms with Crippen LogP contribution in [0.2, 0.25) is 0 Å². The second-order valence-corrected chi connectivity index (χ2v) is 5.78. The van der Waals surface area contributed by atoms with Gasteiger partial charge in [-0.25, -0.2) is 4.79 Å². The molecule has 16 heavy (non-hydrogen) atoms. The zero-order valence-electron chi connectivity index (χ0n) is 11.0. The van der Waals surface area contributed by atoms with Crippen LogP contribution in [0.3, 0.4) is 0 Å². The van der Waals surface area contributed by atoms with E-state index in [2.05, 4.69) is 24.1 Å². The molecule has 1 aliphatic heterocycles. The van der Waals surface area contributed by atoms with Crippen LogP contribution in [0.1, 0.15) is 41.0 Å². The molecule has 4 nitrogen and oxygen atoms in total. The zero-order valence-corrected chi connectivity index (χ0v) is 11.0. The first kappa shape index (κ1) is 13.3. The SMILES string of the molecule is CC(C)N1CCC(OC(=O)NC(C)(C)C)C1. The molecule has 1 amide bonds. The summed E-state index contributed by atoms with van der Waals surface area (Å²) in [6.07, 6.45) is 0.684. The first-order valence-corrected chi connectivity index (χ1v) is 6.01. The number of hydrogen-bond donors (Lipinski definition) is 1. The molecule has 1 atom stereocenters. The van der Waals surface area contributed by atoms with Crippen LogP contribution in [0.15, 0.2) is 0 Å². The Morgan fingerprint density at radius 2 is 2.06 bits per heavy atom. The number of carbonyl (C=O) groups excluding carboxylic acids is 1. The Balaban J connectivity index is 2.32. The molecule has 4 heteroatoms. The summed E-state index contributed by atoms with van der Waals surface area (Å²) in [6, 6.07) is 0.527. The predicted molar refractivity (Wildman–Crippen MR) is 64.5 cm³/mol. The summed E-state index contributed by atoms with van der Waals surface area (Å²) in [5.41, 5.74) is -0.229. The van der Waals surface area contributed by atoms with Crippen LogP contribution in [0.4, 0.5) is 4.79 Å². The van der Waals surface area contributed by atoms with Gasteiger partial charge in [-0.15, -0.1) is 0 Å². The average Bonchev–Trinajstić information content (AvgIpc) is 2.48. The fourth-order valence-corrected chi connectivity index (χ4v) is 1.81. The van der Waals surface area contributed by atoms with Crippen molar-refractivity contribution in [2.75, 3.05) is 13.1 Å². The Hall–Kier alpha value is -0.770. The van der Waals surface area contributed by atoms with Gasteiger partial charge in [0.1, 0.15) is 6.10 Å². The minimum atomic E-state index is -0.303. The Bertz CT molecular complexity index is 246. The van der Waals surface area contributed by atoms with Crippen molar-refractivity contribution in [1.29, 1.82) is 0 Å². The third-order valence-electron chi connectivity index (χ3n) is 2.66. The van der Waals surface area contributed by atoms with Crippen molar-refractivity contribution in [2.45, 2.75) is 58.7 Å². The number of ether oxygens (including phenoxy) is 1. The van der Waals surface area contributed by atoms with Crippen LogP contribution in [-0.2, 0) is 4.74 Å². The zero-order chi connectivity index (χ0) is 12.3. The minimum Gasteiger partial charge on any atom is -0.445 e. The van der Waals surface area contributed by atoms with Gasteiger partial charge in [0, 0.05) is 24.7 Å². The lowest BCUT2D eigenvalue weighted by atomic mass is 10.1. The summed E-state index contributed by atoms with van der Waals surface area (Å²) >= 11 is 0. The Morgan fingerprint density at radius 3 is 2.50 bits per heavy atom. The second kappa shape index (κ2) is 5.04. The van der Waals surface area contributed by atoms with E-state index in [-0.39, 0.29) is 17.7 Å². The number of rotatable bonds is 2. The molecule has 0 aliphatic carbocycles. The van der Waals surface area contributed by atoms with E-state index in [9.17, 15) is 4.79 Å². The first-order chi connectivity index (χ1) is 7.28. The van der Waals surface area contributed by atoms with Gasteiger partial charge in [0.05, 0.1) is 0 Å². The summed E-state index contributed by atoms with van der Waals surface area (Å²) in [7, 11) is 0. The minimum absolute atomic E-state index is 0.0461. The van der Waals surface area contributed by atoms with Crippen LogP contribution in [0.25, 0.3) is 0 Å². The molecule has 1 rings (SSSR count). The van der Waals surface area contributed by atoms with Gasteiger partial charge >= 0.3 is 6.09 Å². The fraction of sp³-hybridized carbons (Fsp3) is 0.917. The summed E-state index contributed by atoms with van der Waals surface area (Å²) in [4.78, 5) is 13.9. The Kier molecular flexibility index (Phi) is 4.19. The molecule has 0 saturated carbocycles. The fourth-order valence-electron chi connectivity index (χ4n) is 1.81. The highest BCUT2D eigenvalue weighted by Gasteiger charge is 2.27. The van der Waals surface area contributed by atoms with Gasteiger partial charge in [-0.05, 0) is 41.0 Å². The van der Waals surface area contributed by atoms with Crippen molar-refractivity contribution in [2.24, 2.45) is 0 Å². The van der Waals surface area contributed by atoms with Crippen molar-refractivity contribution >= 4 is 6.09 Å². The summed E-state index contributed by atoms with van der Waals surface area (Å²) < 4.78 is 5.38. The normalized spacial score (nSPS) is 22.5. The van der Waals surface area contributed by atoms with Gasteiger partial charge in [-0.2, -0.15) is 0 Å². The molecular formula is C12H24N2O2. The largest absolute Gasteiger partial charge is 0.445 e. The van der Waals surface area contributed by atoms with Crippen LogP contribution in [-0.4, -0.2) is 41.8 Å². The van der Waals surface area contributed by atoms with Crippen LogP contribution >= 0.6 is 0 Å². The Labute approximate surface area is 98.3 Å². The lowest BCUT2D eigenvalue weighted by Crippen LogP contribution is -2.42. The van der Waals surface area contributed by atoms with Gasteiger partial charge in [-0.3, -0.25) is 4.90 Å². The van der Waals surface area contributed by atoms with E-state index < -0.39 is 0 Å². The molecule has 1 unspecified atom stereocenters. The van der Waals surface area contributed by atoms with Crippen molar-refractivity contribution in [3.05, 3.63) is 0 Å². The number of carbonyl (C=O) groups is 1. The Morgan fingerprint density at radius 1 is 1.44 bits per heavy atom. The monoisotopic (exact) mass is 228 g/mol. The number of amides is 1. The van der Waals surface area contributed by atoms with Gasteiger partial charge in [-0.1, -0.05) is 0 Å². The van der Waals surface area contributed by atoms with Gasteiger partial charge in [0.2, 0.25) is 0 Å². The third kappa shape index (κ3) is 4.39. The molecule has 1 aliphatic rings. The molecule has 0 bridgehead atoms. The number of alkyl carbamates (subject to hydrolysis) is 1. The molecule has 1 heterocycles. The summed E-state index contributed by atoms with van der Waals surface area (Å²) in [5.74, 6) is 0. The van der Waals surface area contributed by atoms with Crippen LogP contribution in [0.5, 0.6) is 0 Å². The van der Waals surface area contributed by atoms with Crippen molar-refractivity contribution in [1.82, 2.24) is 10.2 Å². The maximum absolute atomic E-state index is 11.5. The number of hydrogen-bond acceptors (Lipinski definition) is 3. The predicted octanol–water partition coefficient (Wildman–Crippen LogP) is 1.99. The highest BCUT2D eigenvalue weighted by atomic mass is 16.6. The van der Waals surface area contributed by atoms with Gasteiger partial charge < -0.3 is 10.1 Å². The van der Waals surface area contributed by atoms with E-state index in [1.165, 1.54) is 0 Å². The van der Waals surface area contributed by atoms with Crippen molar-refractivity contribution in [3.63, 3.8) is 0 Å². The summed E-state index contributed by atoms with van der Waals surface area (Å²) in [5, 5.41) is 2.81. The second-order valence-electron chi connectivity index (χ2n) is 5.78. The highest BCUT2D eigenvalue weighted by molar-refractivity contribution is 5.68. The van der Waals surface area contributed by atoms with E-state index in [4.69, 9.17) is 4.74 Å². The maximum Gasteiger partial charge on any atom is 0.407 e. The molecule has 0 aromatic heterocycles. The average molecular weight is 228 g/mol. The third-order valence-corrected chi connectivity index (χ3v) is 2.66. The lowest BCUT2D eigenvalue weighted by molar-refractivity contribution is 0.0918. The van der Waals surface area contributed by atoms with Gasteiger partial charge in [0.25, 0.3) is 0 Å². The lowest BCUT2D eigenvalue weighted by Gasteiger charge is -2.23. The summed E-state index contributed by atoms with van der Waals surface area (Å²) in [6.45, 7) is 12.0. The van der Waals surface area contributed by atoms with Crippen LogP contribution < -0.4 is 5.32 Å². The topological polar surface area (TPSA) is 41.6 Å². The highest BCUT2D eigenvalue weighted by Crippen LogP contribution is 2.15. The first-order valence-electron chi connectivity index (χ1n) is 6.01. The molecule has 1 fully saturated rings. The number of likely N-dealkylation sites (tertiary alicyclic amines) is 1. The molecular weight excluding hydrogens is 204 g/mol. The van der Waals surface area contributed by atoms with Gasteiger partial charge in [0.15, 0.2) is 0 Å². The number of nitrogens with zero attached hydrogens (tertiary/aromatic N) is 1. The van der Waals surface area contributed by atoms with Crippen LogP contribution in [0, 0.1) is 0 Å². The molecule has 0 aromatic rings. The van der Waals surface area contributed by atoms with Crippen molar-refractivity contribution in [3.8, 4) is 0 Å². The molecule has 1 N–H and O–H groups in total. The van der Waals surface area contributed by atoms with E-state index in [1.54, 1.807) is 0 Å². The molecule has 0 radical (unpaired) electrons. The van der Waals surface area contributed by atoms with E-state index >= 15 is 0 Å². The van der Waals surface area contributed by atoms with E-state index in [0.29, 0.717) is 6.04 Å². The van der Waals surface area contributed by atoms with E-state index in [0.717, 1.165) is 19.5 Å². The standard InChI is InChI=1S/C12H24N2O2/c1-9(2)14-7-6-10(8-14)16-11(15)13-12(3,4)5/h9-10H,6-8H2,1-5H3,(H,13,15). The smallest absolute Gasteiger partial charge is 0.407 e. The number of nitrogens with one attached hydrogen (secondary N) is 1. The maximum atomic E-state index is 11.5. The quantitative estimate of drug-likeness (QED) is 0.786. The molecule has 0 aromatic carbocycles.